The molecular formula is C13H9BrClFN2O3. The smallest absolute Gasteiger partial charge is 0.312 e. The van der Waals surface area contributed by atoms with Gasteiger partial charge in [0.2, 0.25) is 11.6 Å². The van der Waals surface area contributed by atoms with Gasteiger partial charge in [0.15, 0.2) is 0 Å². The van der Waals surface area contributed by atoms with Crippen LogP contribution in [0.5, 0.6) is 11.6 Å². The Hall–Kier alpha value is -1.73. The molecule has 5 nitrogen and oxygen atoms in total. The molecule has 0 radical (unpaired) electrons. The van der Waals surface area contributed by atoms with Gasteiger partial charge in [0.1, 0.15) is 5.82 Å². The molecule has 0 atom stereocenters. The molecule has 0 amide bonds. The summed E-state index contributed by atoms with van der Waals surface area (Å²) in [5, 5.41) is 11.0. The van der Waals surface area contributed by atoms with Gasteiger partial charge in [0.05, 0.1) is 9.40 Å². The van der Waals surface area contributed by atoms with E-state index < -0.39 is 10.7 Å². The number of ether oxygens (including phenoxy) is 1. The third-order valence-corrected chi connectivity index (χ3v) is 3.56. The highest BCUT2D eigenvalue weighted by Crippen LogP contribution is 2.35. The topological polar surface area (TPSA) is 65.3 Å². The number of aromatic nitrogens is 1. The molecule has 1 aromatic carbocycles. The van der Waals surface area contributed by atoms with Gasteiger partial charge in [0.25, 0.3) is 0 Å². The number of nitro groups is 1. The van der Waals surface area contributed by atoms with Gasteiger partial charge in [-0.2, -0.15) is 0 Å². The van der Waals surface area contributed by atoms with Crippen molar-refractivity contribution in [3.63, 3.8) is 0 Å². The fraction of sp³-hybridized carbons (Fsp3) is 0.154. The summed E-state index contributed by atoms with van der Waals surface area (Å²) in [5.74, 6) is -0.421. The average molecular weight is 376 g/mol. The normalized spacial score (nSPS) is 10.5. The monoisotopic (exact) mass is 374 g/mol. The molecule has 2 aromatic rings. The predicted octanol–water partition coefficient (Wildman–Crippen LogP) is 4.73. The summed E-state index contributed by atoms with van der Waals surface area (Å²) in [7, 11) is 0. The fourth-order valence-electron chi connectivity index (χ4n) is 1.65. The Bertz CT molecular complexity index is 712. The second kappa shape index (κ2) is 6.36. The zero-order chi connectivity index (χ0) is 15.6. The number of hydrogen-bond acceptors (Lipinski definition) is 4. The minimum Gasteiger partial charge on any atom is -0.431 e. The molecule has 8 heteroatoms. The van der Waals surface area contributed by atoms with Gasteiger partial charge in [-0.3, -0.25) is 10.1 Å². The van der Waals surface area contributed by atoms with Gasteiger partial charge in [-0.05, 0) is 34.5 Å². The number of hydrogen-bond donors (Lipinski definition) is 0. The number of pyridine rings is 1. The Kier molecular flexibility index (Phi) is 4.74. The number of aryl methyl sites for hydroxylation is 1. The Morgan fingerprint density at radius 1 is 1.48 bits per heavy atom. The Balaban J connectivity index is 2.43. The van der Waals surface area contributed by atoms with Gasteiger partial charge in [-0.1, -0.05) is 0 Å². The van der Waals surface area contributed by atoms with E-state index in [9.17, 15) is 14.5 Å². The fourth-order valence-corrected chi connectivity index (χ4v) is 2.12. The van der Waals surface area contributed by atoms with Crippen LogP contribution < -0.4 is 4.74 Å². The van der Waals surface area contributed by atoms with Crippen molar-refractivity contribution >= 4 is 33.2 Å². The maximum atomic E-state index is 13.6. The summed E-state index contributed by atoms with van der Waals surface area (Å²) in [6.45, 7) is 1.72. The zero-order valence-corrected chi connectivity index (χ0v) is 13.1. The molecular weight excluding hydrogens is 367 g/mol. The van der Waals surface area contributed by atoms with Crippen LogP contribution in [0.3, 0.4) is 0 Å². The van der Waals surface area contributed by atoms with E-state index in [0.29, 0.717) is 11.4 Å². The molecule has 0 spiro atoms. The van der Waals surface area contributed by atoms with Gasteiger partial charge < -0.3 is 4.74 Å². The van der Waals surface area contributed by atoms with E-state index in [2.05, 4.69) is 20.9 Å². The van der Waals surface area contributed by atoms with E-state index in [-0.39, 0.29) is 21.8 Å². The van der Waals surface area contributed by atoms with Crippen molar-refractivity contribution in [3.8, 4) is 11.6 Å². The van der Waals surface area contributed by atoms with Crippen molar-refractivity contribution < 1.29 is 14.1 Å². The largest absolute Gasteiger partial charge is 0.431 e. The van der Waals surface area contributed by atoms with E-state index in [4.69, 9.17) is 16.3 Å². The first kappa shape index (κ1) is 15.7. The standard InChI is InChI=1S/C13H9BrClFN2O3/c1-7-2-8(5-15)6-17-13(7)21-12-4-10(16)9(14)3-11(12)18(19)20/h2-4,6H,5H2,1H3. The van der Waals surface area contributed by atoms with Gasteiger partial charge in [-0.15, -0.1) is 11.6 Å². The molecule has 0 bridgehead atoms. The molecule has 0 unspecified atom stereocenters. The zero-order valence-electron chi connectivity index (χ0n) is 10.8. The van der Waals surface area contributed by atoms with Crippen LogP contribution in [0.25, 0.3) is 0 Å². The highest BCUT2D eigenvalue weighted by atomic mass is 79.9. The minimum atomic E-state index is -0.661. The summed E-state index contributed by atoms with van der Waals surface area (Å²) >= 11 is 8.59. The third kappa shape index (κ3) is 3.48. The van der Waals surface area contributed by atoms with Crippen LogP contribution in [0.15, 0.2) is 28.9 Å². The SMILES string of the molecule is Cc1cc(CCl)cnc1Oc1cc(F)c(Br)cc1[N+](=O)[O-]. The summed E-state index contributed by atoms with van der Waals surface area (Å²) < 4.78 is 18.9. The van der Waals surface area contributed by atoms with Crippen LogP contribution in [0.2, 0.25) is 0 Å². The van der Waals surface area contributed by atoms with E-state index in [0.717, 1.165) is 17.7 Å². The molecule has 1 heterocycles. The van der Waals surface area contributed by atoms with Gasteiger partial charge >= 0.3 is 5.69 Å². The molecule has 0 saturated heterocycles. The summed E-state index contributed by atoms with van der Waals surface area (Å²) in [5.41, 5.74) is 1.08. The average Bonchev–Trinajstić information content (AvgIpc) is 2.44. The van der Waals surface area contributed by atoms with Crippen molar-refractivity contribution in [2.75, 3.05) is 0 Å². The molecule has 0 saturated carbocycles. The van der Waals surface area contributed by atoms with Gasteiger partial charge in [0, 0.05) is 29.8 Å². The molecule has 2 rings (SSSR count). The lowest BCUT2D eigenvalue weighted by Crippen LogP contribution is -1.98. The number of alkyl halides is 1. The van der Waals surface area contributed by atoms with Crippen LogP contribution in [0.1, 0.15) is 11.1 Å². The maximum Gasteiger partial charge on any atom is 0.312 e. The number of rotatable bonds is 4. The van der Waals surface area contributed by atoms with Crippen LogP contribution in [-0.2, 0) is 5.88 Å². The van der Waals surface area contributed by atoms with Crippen LogP contribution in [0.4, 0.5) is 10.1 Å². The summed E-state index contributed by atoms with van der Waals surface area (Å²) in [6, 6.07) is 3.74. The van der Waals surface area contributed by atoms with E-state index in [1.165, 1.54) is 6.20 Å². The van der Waals surface area contributed by atoms with E-state index >= 15 is 0 Å². The Morgan fingerprint density at radius 3 is 2.76 bits per heavy atom. The van der Waals surface area contributed by atoms with Crippen molar-refractivity contribution in [1.29, 1.82) is 0 Å². The minimum absolute atomic E-state index is 0.0104. The highest BCUT2D eigenvalue weighted by Gasteiger charge is 2.20. The number of halogens is 3. The van der Waals surface area contributed by atoms with Gasteiger partial charge in [-0.25, -0.2) is 9.37 Å². The first-order chi connectivity index (χ1) is 9.92. The van der Waals surface area contributed by atoms with E-state index in [1.807, 2.05) is 0 Å². The molecule has 0 aliphatic rings. The molecule has 1 aromatic heterocycles. The second-order valence-corrected chi connectivity index (χ2v) is 5.31. The predicted molar refractivity (Wildman–Crippen MR) is 79.4 cm³/mol. The molecule has 0 fully saturated rings. The van der Waals surface area contributed by atoms with Crippen molar-refractivity contribution in [1.82, 2.24) is 4.98 Å². The molecule has 0 N–H and O–H groups in total. The second-order valence-electron chi connectivity index (χ2n) is 4.19. The van der Waals surface area contributed by atoms with Crippen molar-refractivity contribution in [2.45, 2.75) is 12.8 Å². The Morgan fingerprint density at radius 2 is 2.19 bits per heavy atom. The van der Waals surface area contributed by atoms with Crippen LogP contribution in [-0.4, -0.2) is 9.91 Å². The number of nitro benzene ring substituents is 1. The van der Waals surface area contributed by atoms with E-state index in [1.54, 1.807) is 13.0 Å². The van der Waals surface area contributed by atoms with Crippen LogP contribution >= 0.6 is 27.5 Å². The van der Waals surface area contributed by atoms with Crippen molar-refractivity contribution in [3.05, 3.63) is 55.9 Å². The lowest BCUT2D eigenvalue weighted by atomic mass is 10.2. The number of nitrogens with zero attached hydrogens (tertiary/aromatic N) is 2. The van der Waals surface area contributed by atoms with Crippen molar-refractivity contribution in [2.24, 2.45) is 0 Å². The Labute approximate surface area is 133 Å². The quantitative estimate of drug-likeness (QED) is 0.440. The van der Waals surface area contributed by atoms with Crippen LogP contribution in [0, 0.1) is 22.9 Å². The maximum absolute atomic E-state index is 13.6. The molecule has 0 aliphatic carbocycles. The first-order valence-electron chi connectivity index (χ1n) is 5.75. The summed E-state index contributed by atoms with van der Waals surface area (Å²) in [4.78, 5) is 14.4. The molecule has 0 aliphatic heterocycles. The lowest BCUT2D eigenvalue weighted by Gasteiger charge is -2.09. The molecule has 21 heavy (non-hydrogen) atoms. The lowest BCUT2D eigenvalue weighted by molar-refractivity contribution is -0.385. The third-order valence-electron chi connectivity index (χ3n) is 2.65. The first-order valence-corrected chi connectivity index (χ1v) is 7.08. The summed E-state index contributed by atoms with van der Waals surface area (Å²) in [6.07, 6.45) is 1.50. The highest BCUT2D eigenvalue weighted by molar-refractivity contribution is 9.10. The molecule has 110 valence electrons. The number of benzene rings is 1.